The van der Waals surface area contributed by atoms with E-state index in [1.165, 1.54) is 4.90 Å². The lowest BCUT2D eigenvalue weighted by Crippen LogP contribution is -2.28. The molecule has 3 aromatic carbocycles. The van der Waals surface area contributed by atoms with Gasteiger partial charge in [0.2, 0.25) is 5.91 Å². The first-order chi connectivity index (χ1) is 17.1. The normalized spacial score (nSPS) is 11.7. The lowest BCUT2D eigenvalue weighted by Gasteiger charge is -2.18. The van der Waals surface area contributed by atoms with Crippen molar-refractivity contribution in [2.24, 2.45) is 0 Å². The molecule has 4 rings (SSSR count). The molecule has 0 unspecified atom stereocenters. The van der Waals surface area contributed by atoms with Gasteiger partial charge in [0.05, 0.1) is 18.8 Å². The summed E-state index contributed by atoms with van der Waals surface area (Å²) in [5.74, 6) is 0.897. The monoisotopic (exact) mass is 484 g/mol. The van der Waals surface area contributed by atoms with Crippen LogP contribution in [-0.2, 0) is 11.2 Å². The van der Waals surface area contributed by atoms with Crippen molar-refractivity contribution < 1.29 is 9.53 Å². The van der Waals surface area contributed by atoms with E-state index in [9.17, 15) is 4.79 Å². The number of thioether (sulfide) groups is 1. The molecule has 0 radical (unpaired) electrons. The Hall–Kier alpha value is -3.44. The Bertz CT molecular complexity index is 1230. The summed E-state index contributed by atoms with van der Waals surface area (Å²) in [6, 6.07) is 31.1. The van der Waals surface area contributed by atoms with Crippen molar-refractivity contribution in [1.82, 2.24) is 9.88 Å². The number of carbonyl (C=O) groups is 1. The SMILES string of the molecule is CC[C@H](NC(=O)CCc1ccc(-c2ccc(OC)cc2)n1-c1ccc(SC)cc1)c1ccccc1. The second-order valence-corrected chi connectivity index (χ2v) is 9.29. The third kappa shape index (κ3) is 5.98. The van der Waals surface area contributed by atoms with Crippen LogP contribution in [0.2, 0.25) is 0 Å². The quantitative estimate of drug-likeness (QED) is 0.245. The highest BCUT2D eigenvalue weighted by molar-refractivity contribution is 7.98. The average Bonchev–Trinajstić information content (AvgIpc) is 3.35. The molecule has 0 saturated heterocycles. The van der Waals surface area contributed by atoms with Gasteiger partial charge in [0.25, 0.3) is 0 Å². The largest absolute Gasteiger partial charge is 0.497 e. The fourth-order valence-corrected chi connectivity index (χ4v) is 4.72. The first kappa shape index (κ1) is 24.7. The first-order valence-electron chi connectivity index (χ1n) is 12.0. The number of methoxy groups -OCH3 is 1. The second-order valence-electron chi connectivity index (χ2n) is 8.41. The number of nitrogens with zero attached hydrogens (tertiary/aromatic N) is 1. The van der Waals surface area contributed by atoms with E-state index in [1.807, 2.05) is 30.3 Å². The number of rotatable bonds is 10. The van der Waals surface area contributed by atoms with Crippen molar-refractivity contribution in [3.63, 3.8) is 0 Å². The summed E-state index contributed by atoms with van der Waals surface area (Å²) >= 11 is 1.73. The van der Waals surface area contributed by atoms with Crippen LogP contribution in [0.5, 0.6) is 5.75 Å². The molecule has 4 nitrogen and oxygen atoms in total. The molecule has 1 aromatic heterocycles. The summed E-state index contributed by atoms with van der Waals surface area (Å²) < 4.78 is 7.59. The highest BCUT2D eigenvalue weighted by Gasteiger charge is 2.16. The van der Waals surface area contributed by atoms with E-state index in [1.54, 1.807) is 18.9 Å². The third-order valence-electron chi connectivity index (χ3n) is 6.23. The molecular formula is C30H32N2O2S. The molecule has 4 aromatic rings. The number of aromatic nitrogens is 1. The number of ether oxygens (including phenoxy) is 1. The van der Waals surface area contributed by atoms with Gasteiger partial charge < -0.3 is 14.6 Å². The minimum Gasteiger partial charge on any atom is -0.497 e. The molecule has 0 fully saturated rings. The molecule has 1 heterocycles. The molecule has 0 aliphatic carbocycles. The standard InChI is InChI=1S/C30H32N2O2S/c1-4-28(22-8-6-5-7-9-22)31-30(33)21-15-25-14-20-29(23-10-16-26(34-2)17-11-23)32(25)24-12-18-27(35-3)19-13-24/h5-14,16-20,28H,4,15,21H2,1-3H3,(H,31,33)/t28-/m0/s1. The minimum absolute atomic E-state index is 0.0319. The van der Waals surface area contributed by atoms with E-state index >= 15 is 0 Å². The molecular weight excluding hydrogens is 452 g/mol. The van der Waals surface area contributed by atoms with Crippen molar-refractivity contribution in [3.05, 3.63) is 102 Å². The van der Waals surface area contributed by atoms with Gasteiger partial charge >= 0.3 is 0 Å². The van der Waals surface area contributed by atoms with Crippen molar-refractivity contribution in [2.75, 3.05) is 13.4 Å². The Morgan fingerprint density at radius 2 is 1.66 bits per heavy atom. The second kappa shape index (κ2) is 11.8. The van der Waals surface area contributed by atoms with Crippen molar-refractivity contribution in [2.45, 2.75) is 37.1 Å². The number of nitrogens with one attached hydrogen (secondary N) is 1. The molecule has 0 bridgehead atoms. The molecule has 0 spiro atoms. The van der Waals surface area contributed by atoms with Gasteiger partial charge in [-0.05, 0) is 90.9 Å². The third-order valence-corrected chi connectivity index (χ3v) is 6.98. The Morgan fingerprint density at radius 3 is 2.29 bits per heavy atom. The molecule has 0 aliphatic rings. The van der Waals surface area contributed by atoms with Gasteiger partial charge in [0, 0.05) is 22.7 Å². The van der Waals surface area contributed by atoms with Crippen LogP contribution >= 0.6 is 11.8 Å². The zero-order valence-corrected chi connectivity index (χ0v) is 21.3. The maximum Gasteiger partial charge on any atom is 0.220 e. The molecule has 1 atom stereocenters. The van der Waals surface area contributed by atoms with Crippen molar-refractivity contribution in [3.8, 4) is 22.7 Å². The number of hydrogen-bond acceptors (Lipinski definition) is 3. The molecule has 5 heteroatoms. The fraction of sp³-hybridized carbons (Fsp3) is 0.233. The van der Waals surface area contributed by atoms with Crippen LogP contribution in [0.4, 0.5) is 0 Å². The summed E-state index contributed by atoms with van der Waals surface area (Å²) in [7, 11) is 1.68. The summed E-state index contributed by atoms with van der Waals surface area (Å²) in [6.45, 7) is 2.10. The number of carbonyl (C=O) groups excluding carboxylic acids is 1. The summed E-state index contributed by atoms with van der Waals surface area (Å²) in [5, 5.41) is 3.21. The summed E-state index contributed by atoms with van der Waals surface area (Å²) in [5.41, 5.74) is 5.53. The van der Waals surface area contributed by atoms with E-state index in [-0.39, 0.29) is 11.9 Å². The number of benzene rings is 3. The smallest absolute Gasteiger partial charge is 0.220 e. The maximum atomic E-state index is 12.9. The molecule has 0 saturated carbocycles. The van der Waals surface area contributed by atoms with Gasteiger partial charge in [-0.25, -0.2) is 0 Å². The van der Waals surface area contributed by atoms with E-state index < -0.39 is 0 Å². The van der Waals surface area contributed by atoms with Gasteiger partial charge in [-0.1, -0.05) is 37.3 Å². The zero-order chi connectivity index (χ0) is 24.6. The van der Waals surface area contributed by atoms with Gasteiger partial charge in [0.15, 0.2) is 0 Å². The topological polar surface area (TPSA) is 43.3 Å². The molecule has 180 valence electrons. The van der Waals surface area contributed by atoms with Crippen LogP contribution in [0.1, 0.15) is 37.1 Å². The van der Waals surface area contributed by atoms with E-state index in [4.69, 9.17) is 4.74 Å². The molecule has 0 aliphatic heterocycles. The highest BCUT2D eigenvalue weighted by Crippen LogP contribution is 2.30. The number of amides is 1. The number of hydrogen-bond donors (Lipinski definition) is 1. The Morgan fingerprint density at radius 1 is 0.943 bits per heavy atom. The van der Waals surface area contributed by atoms with E-state index in [0.717, 1.165) is 40.4 Å². The Balaban J connectivity index is 1.57. The van der Waals surface area contributed by atoms with Crippen LogP contribution in [0.3, 0.4) is 0 Å². The predicted octanol–water partition coefficient (Wildman–Crippen LogP) is 7.07. The molecule has 35 heavy (non-hydrogen) atoms. The maximum absolute atomic E-state index is 12.9. The highest BCUT2D eigenvalue weighted by atomic mass is 32.2. The van der Waals surface area contributed by atoms with Gasteiger partial charge in [0.1, 0.15) is 5.75 Å². The fourth-order valence-electron chi connectivity index (χ4n) is 4.31. The van der Waals surface area contributed by atoms with Crippen LogP contribution in [0.25, 0.3) is 16.9 Å². The lowest BCUT2D eigenvalue weighted by molar-refractivity contribution is -0.121. The predicted molar refractivity (Wildman–Crippen MR) is 145 cm³/mol. The van der Waals surface area contributed by atoms with Gasteiger partial charge in [-0.15, -0.1) is 11.8 Å². The Labute approximate surface area is 212 Å². The van der Waals surface area contributed by atoms with Crippen LogP contribution < -0.4 is 10.1 Å². The summed E-state index contributed by atoms with van der Waals surface area (Å²) in [6.07, 6.45) is 4.02. The number of aryl methyl sites for hydroxylation is 1. The van der Waals surface area contributed by atoms with E-state index in [0.29, 0.717) is 12.8 Å². The van der Waals surface area contributed by atoms with Gasteiger partial charge in [-0.2, -0.15) is 0 Å². The van der Waals surface area contributed by atoms with Gasteiger partial charge in [-0.3, -0.25) is 4.79 Å². The first-order valence-corrected chi connectivity index (χ1v) is 13.2. The van der Waals surface area contributed by atoms with Crippen molar-refractivity contribution >= 4 is 17.7 Å². The van der Waals surface area contributed by atoms with E-state index in [2.05, 4.69) is 83.7 Å². The van der Waals surface area contributed by atoms with Crippen molar-refractivity contribution in [1.29, 1.82) is 0 Å². The molecule has 1 amide bonds. The minimum atomic E-state index is 0.0319. The van der Waals surface area contributed by atoms with Crippen LogP contribution in [-0.4, -0.2) is 23.8 Å². The summed E-state index contributed by atoms with van der Waals surface area (Å²) in [4.78, 5) is 14.1. The zero-order valence-electron chi connectivity index (χ0n) is 20.5. The molecule has 1 N–H and O–H groups in total. The Kier molecular flexibility index (Phi) is 8.32. The van der Waals surface area contributed by atoms with Crippen LogP contribution in [0.15, 0.2) is 95.9 Å². The van der Waals surface area contributed by atoms with Crippen LogP contribution in [0, 0.1) is 0 Å². The average molecular weight is 485 g/mol. The lowest BCUT2D eigenvalue weighted by atomic mass is 10.0.